The summed E-state index contributed by atoms with van der Waals surface area (Å²) < 4.78 is 26.0. The van der Waals surface area contributed by atoms with E-state index in [-0.39, 0.29) is 10.9 Å². The lowest BCUT2D eigenvalue weighted by atomic mass is 10.0. The Kier molecular flexibility index (Phi) is 8.92. The van der Waals surface area contributed by atoms with Crippen molar-refractivity contribution in [2.24, 2.45) is 5.92 Å². The third kappa shape index (κ3) is 7.88. The Labute approximate surface area is 151 Å². The van der Waals surface area contributed by atoms with Gasteiger partial charge in [0.2, 0.25) is 10.0 Å². The van der Waals surface area contributed by atoms with E-state index in [2.05, 4.69) is 29.2 Å². The molecule has 0 radical (unpaired) electrons. The number of urea groups is 1. The molecule has 0 aliphatic heterocycles. The number of carbonyl (C=O) groups excluding carboxylic acids is 1. The van der Waals surface area contributed by atoms with Crippen molar-refractivity contribution in [1.29, 1.82) is 0 Å². The molecule has 0 saturated carbocycles. The number of aryl methyl sites for hydroxylation is 1. The normalized spacial score (nSPS) is 11.6. The van der Waals surface area contributed by atoms with Crippen molar-refractivity contribution in [1.82, 2.24) is 10.0 Å². The highest BCUT2D eigenvalue weighted by molar-refractivity contribution is 7.89. The van der Waals surface area contributed by atoms with Gasteiger partial charge in [0.05, 0.1) is 4.90 Å². The summed E-state index contributed by atoms with van der Waals surface area (Å²) in [6, 6.07) is 4.34. The number of sulfonamides is 1. The topological polar surface area (TPSA) is 87.3 Å². The van der Waals surface area contributed by atoms with E-state index in [0.29, 0.717) is 12.2 Å². The Balaban J connectivity index is 2.43. The number of carbonyl (C=O) groups is 1. The first-order valence-electron chi connectivity index (χ1n) is 8.85. The number of benzene rings is 1. The predicted molar refractivity (Wildman–Crippen MR) is 102 cm³/mol. The van der Waals surface area contributed by atoms with E-state index in [1.54, 1.807) is 6.07 Å². The molecule has 1 rings (SSSR count). The predicted octanol–water partition coefficient (Wildman–Crippen LogP) is 3.63. The Morgan fingerprint density at radius 3 is 2.44 bits per heavy atom. The second-order valence-electron chi connectivity index (χ2n) is 6.66. The second kappa shape index (κ2) is 10.4. The molecule has 0 aliphatic rings. The number of hydrogen-bond donors (Lipinski definition) is 3. The second-order valence-corrected chi connectivity index (χ2v) is 8.55. The van der Waals surface area contributed by atoms with Gasteiger partial charge in [-0.15, -0.1) is 0 Å². The van der Waals surface area contributed by atoms with Crippen molar-refractivity contribution in [3.05, 3.63) is 23.8 Å². The van der Waals surface area contributed by atoms with Crippen LogP contribution in [0.25, 0.3) is 0 Å². The zero-order chi connectivity index (χ0) is 18.9. The highest BCUT2D eigenvalue weighted by atomic mass is 32.2. The molecule has 0 saturated heterocycles. The van der Waals surface area contributed by atoms with Crippen LogP contribution in [0.2, 0.25) is 0 Å². The van der Waals surface area contributed by atoms with Crippen molar-refractivity contribution in [3.8, 4) is 0 Å². The monoisotopic (exact) mass is 369 g/mol. The molecule has 0 bridgehead atoms. The van der Waals surface area contributed by atoms with Gasteiger partial charge in [-0.25, -0.2) is 17.9 Å². The first-order valence-corrected chi connectivity index (χ1v) is 10.3. The van der Waals surface area contributed by atoms with E-state index < -0.39 is 10.0 Å². The van der Waals surface area contributed by atoms with Crippen LogP contribution in [0.3, 0.4) is 0 Å². The van der Waals surface area contributed by atoms with Crippen molar-refractivity contribution in [2.75, 3.05) is 18.9 Å². The highest BCUT2D eigenvalue weighted by Crippen LogP contribution is 2.20. The van der Waals surface area contributed by atoms with Crippen LogP contribution in [0.5, 0.6) is 0 Å². The van der Waals surface area contributed by atoms with Gasteiger partial charge in [0.15, 0.2) is 0 Å². The summed E-state index contributed by atoms with van der Waals surface area (Å²) in [6.45, 7) is 6.89. The molecule has 6 nitrogen and oxygen atoms in total. The molecule has 0 unspecified atom stereocenters. The molecule has 0 atom stereocenters. The van der Waals surface area contributed by atoms with Crippen LogP contribution in [-0.2, 0) is 10.0 Å². The molecule has 1 aromatic carbocycles. The van der Waals surface area contributed by atoms with E-state index in [9.17, 15) is 13.2 Å². The van der Waals surface area contributed by atoms with E-state index in [0.717, 1.165) is 24.3 Å². The van der Waals surface area contributed by atoms with Gasteiger partial charge in [0, 0.05) is 12.2 Å². The lowest BCUT2D eigenvalue weighted by molar-refractivity contribution is 0.252. The Morgan fingerprint density at radius 2 is 1.80 bits per heavy atom. The number of nitrogens with one attached hydrogen (secondary N) is 3. The minimum Gasteiger partial charge on any atom is -0.338 e. The first kappa shape index (κ1) is 21.4. The number of hydrogen-bond acceptors (Lipinski definition) is 3. The summed E-state index contributed by atoms with van der Waals surface area (Å²) in [7, 11) is -2.17. The Hall–Kier alpha value is -1.60. The van der Waals surface area contributed by atoms with Crippen molar-refractivity contribution in [3.63, 3.8) is 0 Å². The van der Waals surface area contributed by atoms with Crippen LogP contribution < -0.4 is 15.4 Å². The number of unbranched alkanes of at least 4 members (excludes halogenated alkanes) is 3. The number of rotatable bonds is 10. The van der Waals surface area contributed by atoms with Crippen LogP contribution in [-0.4, -0.2) is 28.0 Å². The molecule has 1 aromatic rings. The molecule has 142 valence electrons. The standard InChI is InChI=1S/C18H31N3O3S/c1-14(2)9-7-5-6-8-12-20-18(22)21-17-13-16(11-10-15(17)3)25(23,24)19-4/h10-11,13-14,19H,5-9,12H2,1-4H3,(H2,20,21,22). The van der Waals surface area contributed by atoms with Crippen LogP contribution in [0.4, 0.5) is 10.5 Å². The van der Waals surface area contributed by atoms with Gasteiger partial charge >= 0.3 is 6.03 Å². The van der Waals surface area contributed by atoms with Crippen molar-refractivity contribution >= 4 is 21.7 Å². The van der Waals surface area contributed by atoms with Gasteiger partial charge in [-0.3, -0.25) is 0 Å². The minimum atomic E-state index is -3.53. The fourth-order valence-corrected chi connectivity index (χ4v) is 3.18. The van der Waals surface area contributed by atoms with Crippen LogP contribution in [0.1, 0.15) is 51.5 Å². The Morgan fingerprint density at radius 1 is 1.12 bits per heavy atom. The summed E-state index contributed by atoms with van der Waals surface area (Å²) in [5.74, 6) is 0.745. The van der Waals surface area contributed by atoms with Gasteiger partial charge in [0.25, 0.3) is 0 Å². The molecular weight excluding hydrogens is 338 g/mol. The fraction of sp³-hybridized carbons (Fsp3) is 0.611. The van der Waals surface area contributed by atoms with Gasteiger partial charge in [-0.1, -0.05) is 45.6 Å². The summed E-state index contributed by atoms with van der Waals surface area (Å²) >= 11 is 0. The van der Waals surface area contributed by atoms with Gasteiger partial charge in [-0.05, 0) is 44.0 Å². The first-order chi connectivity index (χ1) is 11.8. The molecule has 0 fully saturated rings. The molecule has 0 aliphatic carbocycles. The van der Waals surface area contributed by atoms with Crippen LogP contribution in [0, 0.1) is 12.8 Å². The molecule has 0 aromatic heterocycles. The maximum absolute atomic E-state index is 12.0. The quantitative estimate of drug-likeness (QED) is 0.550. The van der Waals surface area contributed by atoms with E-state index in [1.807, 2.05) is 6.92 Å². The third-order valence-electron chi connectivity index (χ3n) is 4.03. The van der Waals surface area contributed by atoms with E-state index >= 15 is 0 Å². The zero-order valence-corrected chi connectivity index (χ0v) is 16.5. The maximum Gasteiger partial charge on any atom is 0.319 e. The van der Waals surface area contributed by atoms with Gasteiger partial charge in [0.1, 0.15) is 0 Å². The van der Waals surface area contributed by atoms with Gasteiger partial charge in [-0.2, -0.15) is 0 Å². The highest BCUT2D eigenvalue weighted by Gasteiger charge is 2.13. The van der Waals surface area contributed by atoms with Crippen LogP contribution >= 0.6 is 0 Å². The molecule has 25 heavy (non-hydrogen) atoms. The average Bonchev–Trinajstić information content (AvgIpc) is 2.55. The lowest BCUT2D eigenvalue weighted by Gasteiger charge is -2.12. The largest absolute Gasteiger partial charge is 0.338 e. The van der Waals surface area contributed by atoms with Crippen molar-refractivity contribution < 1.29 is 13.2 Å². The summed E-state index contributed by atoms with van der Waals surface area (Å²) in [6.07, 6.45) is 5.71. The summed E-state index contributed by atoms with van der Waals surface area (Å²) in [5.41, 5.74) is 1.30. The third-order valence-corrected chi connectivity index (χ3v) is 5.44. The van der Waals surface area contributed by atoms with E-state index in [4.69, 9.17) is 0 Å². The fourth-order valence-electron chi connectivity index (χ4n) is 2.42. The molecule has 0 heterocycles. The summed E-state index contributed by atoms with van der Waals surface area (Å²) in [4.78, 5) is 12.1. The smallest absolute Gasteiger partial charge is 0.319 e. The summed E-state index contributed by atoms with van der Waals surface area (Å²) in [5, 5.41) is 5.54. The molecule has 0 spiro atoms. The molecule has 3 N–H and O–H groups in total. The number of amides is 2. The SMILES string of the molecule is CNS(=O)(=O)c1ccc(C)c(NC(=O)NCCCCCCC(C)C)c1. The lowest BCUT2D eigenvalue weighted by Crippen LogP contribution is -2.30. The molecule has 2 amide bonds. The Bertz CT molecular complexity index is 658. The number of anilines is 1. The molecular formula is C18H31N3O3S. The average molecular weight is 370 g/mol. The maximum atomic E-state index is 12.0. The zero-order valence-electron chi connectivity index (χ0n) is 15.7. The van der Waals surface area contributed by atoms with Crippen LogP contribution in [0.15, 0.2) is 23.1 Å². The van der Waals surface area contributed by atoms with E-state index in [1.165, 1.54) is 38.4 Å². The minimum absolute atomic E-state index is 0.126. The van der Waals surface area contributed by atoms with Crippen molar-refractivity contribution in [2.45, 2.75) is 57.8 Å². The van der Waals surface area contributed by atoms with Gasteiger partial charge < -0.3 is 10.6 Å². The molecule has 7 heteroatoms.